The van der Waals surface area contributed by atoms with Crippen LogP contribution in [0.1, 0.15) is 18.7 Å². The van der Waals surface area contributed by atoms with Gasteiger partial charge in [0.1, 0.15) is 17.0 Å². The van der Waals surface area contributed by atoms with E-state index in [1.807, 2.05) is 11.3 Å². The maximum Gasteiger partial charge on any atom is 0.146 e. The molecular weight excluding hydrogens is 364 g/mol. The van der Waals surface area contributed by atoms with Crippen molar-refractivity contribution < 1.29 is 4.74 Å². The van der Waals surface area contributed by atoms with Gasteiger partial charge in [-0.1, -0.05) is 13.8 Å². The van der Waals surface area contributed by atoms with E-state index in [0.717, 1.165) is 55.4 Å². The van der Waals surface area contributed by atoms with Crippen LogP contribution in [0.15, 0.2) is 29.9 Å². The van der Waals surface area contributed by atoms with E-state index in [9.17, 15) is 0 Å². The molecule has 4 rings (SSSR count). The zero-order chi connectivity index (χ0) is 17.9. The Labute approximate surface area is 162 Å². The lowest BCUT2D eigenvalue weighted by Gasteiger charge is -2.32. The first-order valence-corrected chi connectivity index (χ1v) is 10.7. The van der Waals surface area contributed by atoms with Gasteiger partial charge in [0.2, 0.25) is 0 Å². The van der Waals surface area contributed by atoms with Crippen LogP contribution in [-0.2, 0) is 11.2 Å². The summed E-state index contributed by atoms with van der Waals surface area (Å²) in [5.41, 5.74) is 0. The Hall–Kier alpha value is -1.54. The Morgan fingerprint density at radius 2 is 2.04 bits per heavy atom. The minimum absolute atomic E-state index is 0.664. The lowest BCUT2D eigenvalue weighted by molar-refractivity contribution is 0.0391. The summed E-state index contributed by atoms with van der Waals surface area (Å²) in [6.45, 7) is 8.88. The van der Waals surface area contributed by atoms with Crippen molar-refractivity contribution in [2.75, 3.05) is 37.9 Å². The lowest BCUT2D eigenvalue weighted by Crippen LogP contribution is -2.42. The second-order valence-electron chi connectivity index (χ2n) is 6.97. The first-order chi connectivity index (χ1) is 12.7. The van der Waals surface area contributed by atoms with Crippen LogP contribution in [0.2, 0.25) is 0 Å². The van der Waals surface area contributed by atoms with Crippen molar-refractivity contribution in [1.29, 1.82) is 0 Å². The molecule has 0 amide bonds. The number of aromatic nitrogens is 2. The van der Waals surface area contributed by atoms with Crippen molar-refractivity contribution in [3.63, 3.8) is 0 Å². The van der Waals surface area contributed by atoms with Gasteiger partial charge in [0.05, 0.1) is 30.3 Å². The maximum absolute atomic E-state index is 5.52. The molecule has 0 radical (unpaired) electrons. The average Bonchev–Trinajstić information content (AvgIpc) is 3.29. The number of rotatable bonds is 6. The number of ether oxygens (including phenoxy) is 1. The van der Waals surface area contributed by atoms with E-state index in [4.69, 9.17) is 4.74 Å². The Balaban J connectivity index is 1.69. The second kappa shape index (κ2) is 8.00. The van der Waals surface area contributed by atoms with Crippen LogP contribution in [0.5, 0.6) is 0 Å². The normalized spacial score (nSPS) is 15.8. The van der Waals surface area contributed by atoms with E-state index in [1.165, 1.54) is 9.88 Å². The molecule has 1 aliphatic heterocycles. The summed E-state index contributed by atoms with van der Waals surface area (Å²) in [7, 11) is 0. The van der Waals surface area contributed by atoms with Crippen molar-refractivity contribution in [2.45, 2.75) is 20.3 Å². The van der Waals surface area contributed by atoms with Gasteiger partial charge in [-0.25, -0.2) is 9.97 Å². The van der Waals surface area contributed by atoms with Crippen LogP contribution in [0.3, 0.4) is 0 Å². The van der Waals surface area contributed by atoms with Gasteiger partial charge in [0.15, 0.2) is 0 Å². The SMILES string of the molecule is CC(C)Cc1ccc(N(CN2CCOCC2)c2ncnc3sccc23)s1. The summed E-state index contributed by atoms with van der Waals surface area (Å²) < 4.78 is 5.52. The molecule has 5 nitrogen and oxygen atoms in total. The zero-order valence-corrected chi connectivity index (χ0v) is 16.9. The Morgan fingerprint density at radius 3 is 2.85 bits per heavy atom. The minimum Gasteiger partial charge on any atom is -0.379 e. The molecule has 0 bridgehead atoms. The monoisotopic (exact) mass is 388 g/mol. The Bertz CT molecular complexity index is 854. The first-order valence-electron chi connectivity index (χ1n) is 9.05. The number of hydrogen-bond acceptors (Lipinski definition) is 7. The van der Waals surface area contributed by atoms with Gasteiger partial charge < -0.3 is 9.64 Å². The fourth-order valence-corrected chi connectivity index (χ4v) is 5.14. The molecule has 7 heteroatoms. The van der Waals surface area contributed by atoms with Crippen molar-refractivity contribution in [3.05, 3.63) is 34.8 Å². The van der Waals surface area contributed by atoms with Crippen LogP contribution in [0.25, 0.3) is 10.2 Å². The van der Waals surface area contributed by atoms with Gasteiger partial charge in [0.25, 0.3) is 0 Å². The molecule has 26 heavy (non-hydrogen) atoms. The molecule has 1 fully saturated rings. The molecule has 3 aromatic rings. The highest BCUT2D eigenvalue weighted by atomic mass is 32.1. The molecule has 0 unspecified atom stereocenters. The molecule has 3 aromatic heterocycles. The highest BCUT2D eigenvalue weighted by Gasteiger charge is 2.21. The third kappa shape index (κ3) is 3.91. The average molecular weight is 389 g/mol. The zero-order valence-electron chi connectivity index (χ0n) is 15.2. The van der Waals surface area contributed by atoms with Crippen LogP contribution in [0, 0.1) is 5.92 Å². The Kier molecular flexibility index (Phi) is 5.49. The summed E-state index contributed by atoms with van der Waals surface area (Å²) in [6.07, 6.45) is 2.80. The number of fused-ring (bicyclic) bond motifs is 1. The van der Waals surface area contributed by atoms with Gasteiger partial charge in [-0.2, -0.15) is 0 Å². The van der Waals surface area contributed by atoms with E-state index in [-0.39, 0.29) is 0 Å². The fraction of sp³-hybridized carbons (Fsp3) is 0.474. The predicted octanol–water partition coefficient (Wildman–Crippen LogP) is 4.38. The first kappa shape index (κ1) is 17.9. The highest BCUT2D eigenvalue weighted by Crippen LogP contribution is 2.36. The van der Waals surface area contributed by atoms with Gasteiger partial charge in [-0.15, -0.1) is 22.7 Å². The second-order valence-corrected chi connectivity index (χ2v) is 9.02. The van der Waals surface area contributed by atoms with E-state index >= 15 is 0 Å². The van der Waals surface area contributed by atoms with Crippen LogP contribution in [0.4, 0.5) is 10.8 Å². The van der Waals surface area contributed by atoms with Gasteiger partial charge in [0, 0.05) is 18.0 Å². The number of anilines is 2. The summed E-state index contributed by atoms with van der Waals surface area (Å²) in [5, 5.41) is 4.47. The number of thiophene rings is 2. The molecule has 1 aliphatic rings. The van der Waals surface area contributed by atoms with Crippen molar-refractivity contribution in [2.24, 2.45) is 5.92 Å². The fourth-order valence-electron chi connectivity index (χ4n) is 3.20. The number of hydrogen-bond donors (Lipinski definition) is 0. The maximum atomic E-state index is 5.52. The lowest BCUT2D eigenvalue weighted by atomic mass is 10.1. The van der Waals surface area contributed by atoms with Crippen molar-refractivity contribution in [1.82, 2.24) is 14.9 Å². The molecule has 0 spiro atoms. The molecule has 0 aromatic carbocycles. The quantitative estimate of drug-likeness (QED) is 0.627. The summed E-state index contributed by atoms with van der Waals surface area (Å²) in [6, 6.07) is 6.63. The molecule has 1 saturated heterocycles. The Morgan fingerprint density at radius 1 is 1.19 bits per heavy atom. The van der Waals surface area contributed by atoms with Crippen LogP contribution < -0.4 is 4.90 Å². The van der Waals surface area contributed by atoms with Crippen LogP contribution >= 0.6 is 22.7 Å². The summed E-state index contributed by atoms with van der Waals surface area (Å²) >= 11 is 3.54. The third-order valence-corrected chi connectivity index (χ3v) is 6.42. The van der Waals surface area contributed by atoms with Gasteiger partial charge in [-0.3, -0.25) is 4.90 Å². The molecule has 0 aliphatic carbocycles. The third-order valence-electron chi connectivity index (χ3n) is 4.46. The standard InChI is InChI=1S/C19H24N4OS2/c1-14(2)11-15-3-4-17(26-15)23(13-22-6-8-24-9-7-22)18-16-5-10-25-19(16)21-12-20-18/h3-5,10,12,14H,6-9,11,13H2,1-2H3. The van der Waals surface area contributed by atoms with E-state index < -0.39 is 0 Å². The molecular formula is C19H24N4OS2. The number of nitrogens with zero attached hydrogens (tertiary/aromatic N) is 4. The minimum atomic E-state index is 0.664. The summed E-state index contributed by atoms with van der Waals surface area (Å²) in [5.74, 6) is 1.66. The van der Waals surface area contributed by atoms with E-state index in [1.54, 1.807) is 17.7 Å². The molecule has 4 heterocycles. The molecule has 0 saturated carbocycles. The van der Waals surface area contributed by atoms with E-state index in [2.05, 4.69) is 57.2 Å². The van der Waals surface area contributed by atoms with E-state index in [0.29, 0.717) is 5.92 Å². The van der Waals surface area contributed by atoms with Gasteiger partial charge in [-0.05, 0) is 35.9 Å². The van der Waals surface area contributed by atoms with Crippen molar-refractivity contribution in [3.8, 4) is 0 Å². The number of morpholine rings is 1. The highest BCUT2D eigenvalue weighted by molar-refractivity contribution is 7.17. The molecule has 138 valence electrons. The van der Waals surface area contributed by atoms with Gasteiger partial charge >= 0.3 is 0 Å². The molecule has 0 atom stereocenters. The largest absolute Gasteiger partial charge is 0.379 e. The van der Waals surface area contributed by atoms with Crippen LogP contribution in [-0.4, -0.2) is 47.8 Å². The molecule has 0 N–H and O–H groups in total. The smallest absolute Gasteiger partial charge is 0.146 e. The summed E-state index contributed by atoms with van der Waals surface area (Å²) in [4.78, 5) is 16.3. The van der Waals surface area contributed by atoms with Crippen molar-refractivity contribution >= 4 is 43.7 Å². The topological polar surface area (TPSA) is 41.5 Å². The predicted molar refractivity (Wildman–Crippen MR) is 110 cm³/mol.